The lowest BCUT2D eigenvalue weighted by Crippen LogP contribution is -2.53. The Morgan fingerprint density at radius 2 is 2.38 bits per heavy atom. The third-order valence-corrected chi connectivity index (χ3v) is 4.06. The molecule has 0 radical (unpaired) electrons. The first-order valence-electron chi connectivity index (χ1n) is 5.57. The zero-order valence-electron chi connectivity index (χ0n) is 10.1. The van der Waals surface area contributed by atoms with Gasteiger partial charge in [-0.3, -0.25) is 0 Å². The Labute approximate surface area is 100 Å². The number of ether oxygens (including phenoxy) is 1. The second-order valence-corrected chi connectivity index (χ2v) is 5.89. The summed E-state index contributed by atoms with van der Waals surface area (Å²) in [7, 11) is 0. The van der Waals surface area contributed by atoms with Gasteiger partial charge in [0.25, 0.3) is 0 Å². The van der Waals surface area contributed by atoms with Crippen LogP contribution in [0.4, 0.5) is 5.13 Å². The number of rotatable bonds is 2. The number of thiazole rings is 1. The van der Waals surface area contributed by atoms with Gasteiger partial charge in [0.05, 0.1) is 18.8 Å². The van der Waals surface area contributed by atoms with Crippen molar-refractivity contribution in [2.24, 2.45) is 5.73 Å². The van der Waals surface area contributed by atoms with Gasteiger partial charge in [0.2, 0.25) is 0 Å². The fourth-order valence-electron chi connectivity index (χ4n) is 1.83. The minimum atomic E-state index is 0.0191. The van der Waals surface area contributed by atoms with E-state index in [1.165, 1.54) is 0 Å². The normalized spacial score (nSPS) is 22.1. The van der Waals surface area contributed by atoms with Crippen molar-refractivity contribution in [3.8, 4) is 0 Å². The molecule has 1 saturated heterocycles. The van der Waals surface area contributed by atoms with Gasteiger partial charge in [-0.2, -0.15) is 0 Å². The molecule has 5 heteroatoms. The number of hydrogen-bond acceptors (Lipinski definition) is 5. The maximum Gasteiger partial charge on any atom is 0.186 e. The van der Waals surface area contributed by atoms with Crippen molar-refractivity contribution in [3.63, 3.8) is 0 Å². The van der Waals surface area contributed by atoms with Gasteiger partial charge >= 0.3 is 0 Å². The topological polar surface area (TPSA) is 51.4 Å². The van der Waals surface area contributed by atoms with E-state index >= 15 is 0 Å². The highest BCUT2D eigenvalue weighted by atomic mass is 32.1. The van der Waals surface area contributed by atoms with Gasteiger partial charge in [0.15, 0.2) is 5.13 Å². The molecule has 16 heavy (non-hydrogen) atoms. The van der Waals surface area contributed by atoms with Crippen molar-refractivity contribution in [1.82, 2.24) is 4.98 Å². The fourth-order valence-corrected chi connectivity index (χ4v) is 2.88. The standard InChI is InChI=1S/C11H19N3OS/c1-8(12)9-6-13-10(16-9)14-4-5-15-7-11(14,2)3/h6,8H,4-5,7,12H2,1-3H3. The molecule has 0 saturated carbocycles. The maximum absolute atomic E-state index is 5.85. The molecule has 0 amide bonds. The predicted octanol–water partition coefficient (Wildman–Crippen LogP) is 1.78. The van der Waals surface area contributed by atoms with Crippen LogP contribution in [0.1, 0.15) is 31.7 Å². The molecule has 90 valence electrons. The number of morpholine rings is 1. The number of nitrogens with two attached hydrogens (primary N) is 1. The van der Waals surface area contributed by atoms with E-state index in [0.717, 1.165) is 29.8 Å². The van der Waals surface area contributed by atoms with Crippen LogP contribution >= 0.6 is 11.3 Å². The summed E-state index contributed by atoms with van der Waals surface area (Å²) >= 11 is 1.68. The molecule has 2 heterocycles. The summed E-state index contributed by atoms with van der Waals surface area (Å²) in [5.41, 5.74) is 5.87. The Morgan fingerprint density at radius 1 is 1.62 bits per heavy atom. The van der Waals surface area contributed by atoms with Gasteiger partial charge in [-0.15, -0.1) is 11.3 Å². The third kappa shape index (κ3) is 2.21. The second kappa shape index (κ2) is 4.31. The van der Waals surface area contributed by atoms with E-state index in [0.29, 0.717) is 0 Å². The summed E-state index contributed by atoms with van der Waals surface area (Å²) in [5, 5.41) is 1.06. The predicted molar refractivity (Wildman–Crippen MR) is 67.0 cm³/mol. The first-order valence-corrected chi connectivity index (χ1v) is 6.39. The molecule has 1 atom stereocenters. The van der Waals surface area contributed by atoms with E-state index in [2.05, 4.69) is 23.7 Å². The summed E-state index contributed by atoms with van der Waals surface area (Å²) in [6, 6.07) is 0.0652. The molecule has 0 aliphatic carbocycles. The van der Waals surface area contributed by atoms with Crippen LogP contribution in [-0.2, 0) is 4.74 Å². The van der Waals surface area contributed by atoms with Crippen molar-refractivity contribution in [2.75, 3.05) is 24.7 Å². The van der Waals surface area contributed by atoms with E-state index in [1.54, 1.807) is 11.3 Å². The molecule has 1 unspecified atom stereocenters. The zero-order chi connectivity index (χ0) is 11.8. The first kappa shape index (κ1) is 11.8. The summed E-state index contributed by atoms with van der Waals surface area (Å²) in [4.78, 5) is 7.91. The average Bonchev–Trinajstić information content (AvgIpc) is 2.65. The summed E-state index contributed by atoms with van der Waals surface area (Å²) < 4.78 is 5.50. The van der Waals surface area contributed by atoms with E-state index in [4.69, 9.17) is 10.5 Å². The Kier molecular flexibility index (Phi) is 3.19. The van der Waals surface area contributed by atoms with Gasteiger partial charge in [-0.05, 0) is 20.8 Å². The molecule has 4 nitrogen and oxygen atoms in total. The Hall–Kier alpha value is -0.650. The van der Waals surface area contributed by atoms with Gasteiger partial charge < -0.3 is 15.4 Å². The smallest absolute Gasteiger partial charge is 0.186 e. The van der Waals surface area contributed by atoms with E-state index < -0.39 is 0 Å². The van der Waals surface area contributed by atoms with E-state index in [9.17, 15) is 0 Å². The van der Waals surface area contributed by atoms with Crippen molar-refractivity contribution in [2.45, 2.75) is 32.4 Å². The molecule has 2 rings (SSSR count). The molecule has 0 aromatic carbocycles. The van der Waals surface area contributed by atoms with Crippen LogP contribution in [-0.4, -0.2) is 30.3 Å². The third-order valence-electron chi connectivity index (χ3n) is 2.84. The molecular weight excluding hydrogens is 222 g/mol. The van der Waals surface area contributed by atoms with Crippen LogP contribution < -0.4 is 10.6 Å². The SMILES string of the molecule is CC(N)c1cnc(N2CCOCC2(C)C)s1. The van der Waals surface area contributed by atoms with Crippen LogP contribution in [0.25, 0.3) is 0 Å². The van der Waals surface area contributed by atoms with Crippen LogP contribution in [0, 0.1) is 0 Å². The number of nitrogens with zero attached hydrogens (tertiary/aromatic N) is 2. The summed E-state index contributed by atoms with van der Waals surface area (Å²) in [6.45, 7) is 8.77. The highest BCUT2D eigenvalue weighted by Crippen LogP contribution is 2.32. The second-order valence-electron chi connectivity index (χ2n) is 4.85. The lowest BCUT2D eigenvalue weighted by Gasteiger charge is -2.42. The Morgan fingerprint density at radius 3 is 2.94 bits per heavy atom. The maximum atomic E-state index is 5.85. The molecule has 0 bridgehead atoms. The number of hydrogen-bond donors (Lipinski definition) is 1. The largest absolute Gasteiger partial charge is 0.377 e. The minimum Gasteiger partial charge on any atom is -0.377 e. The molecular formula is C11H19N3OS. The molecule has 1 aromatic rings. The fraction of sp³-hybridized carbons (Fsp3) is 0.727. The number of aromatic nitrogens is 1. The Bertz CT molecular complexity index is 362. The first-order chi connectivity index (χ1) is 7.50. The van der Waals surface area contributed by atoms with E-state index in [1.807, 2.05) is 13.1 Å². The van der Waals surface area contributed by atoms with Gasteiger partial charge in [0, 0.05) is 23.7 Å². The average molecular weight is 241 g/mol. The molecule has 1 aliphatic heterocycles. The van der Waals surface area contributed by atoms with Gasteiger partial charge in [-0.25, -0.2) is 4.98 Å². The zero-order valence-corrected chi connectivity index (χ0v) is 10.9. The van der Waals surface area contributed by atoms with Crippen LogP contribution in [0.2, 0.25) is 0 Å². The molecule has 1 aromatic heterocycles. The van der Waals surface area contributed by atoms with Crippen LogP contribution in [0.15, 0.2) is 6.20 Å². The lowest BCUT2D eigenvalue weighted by molar-refractivity contribution is 0.0644. The van der Waals surface area contributed by atoms with Crippen molar-refractivity contribution in [3.05, 3.63) is 11.1 Å². The molecule has 0 spiro atoms. The van der Waals surface area contributed by atoms with Gasteiger partial charge in [0.1, 0.15) is 0 Å². The summed E-state index contributed by atoms with van der Waals surface area (Å²) in [5.74, 6) is 0. The van der Waals surface area contributed by atoms with Crippen molar-refractivity contribution < 1.29 is 4.74 Å². The Balaban J connectivity index is 2.21. The van der Waals surface area contributed by atoms with Gasteiger partial charge in [-0.1, -0.05) is 0 Å². The molecule has 1 fully saturated rings. The quantitative estimate of drug-likeness (QED) is 0.857. The van der Waals surface area contributed by atoms with Crippen molar-refractivity contribution >= 4 is 16.5 Å². The molecule has 1 aliphatic rings. The van der Waals surface area contributed by atoms with Crippen molar-refractivity contribution in [1.29, 1.82) is 0 Å². The summed E-state index contributed by atoms with van der Waals surface area (Å²) in [6.07, 6.45) is 1.89. The lowest BCUT2D eigenvalue weighted by atomic mass is 10.0. The number of anilines is 1. The molecule has 2 N–H and O–H groups in total. The monoisotopic (exact) mass is 241 g/mol. The highest BCUT2D eigenvalue weighted by molar-refractivity contribution is 7.15. The van der Waals surface area contributed by atoms with Crippen LogP contribution in [0.3, 0.4) is 0 Å². The van der Waals surface area contributed by atoms with E-state index in [-0.39, 0.29) is 11.6 Å². The van der Waals surface area contributed by atoms with Crippen LogP contribution in [0.5, 0.6) is 0 Å². The minimum absolute atomic E-state index is 0.0191. The highest BCUT2D eigenvalue weighted by Gasteiger charge is 2.32.